The van der Waals surface area contributed by atoms with Gasteiger partial charge in [0.25, 0.3) is 11.5 Å². The molecular formula is C27H26N4O4S. The predicted molar refractivity (Wildman–Crippen MR) is 138 cm³/mol. The second-order valence-electron chi connectivity index (χ2n) is 9.03. The molecule has 0 bridgehead atoms. The summed E-state index contributed by atoms with van der Waals surface area (Å²) in [6, 6.07) is 15.1. The number of carbonyl (C=O) groups excluding carboxylic acids is 1. The van der Waals surface area contributed by atoms with Crippen LogP contribution in [0.25, 0.3) is 10.5 Å². The lowest BCUT2D eigenvalue weighted by Gasteiger charge is -2.24. The first-order chi connectivity index (χ1) is 17.7. The van der Waals surface area contributed by atoms with Crippen molar-refractivity contribution in [2.45, 2.75) is 45.1 Å². The minimum atomic E-state index is -0.514. The number of carbonyl (C=O) groups is 1. The summed E-state index contributed by atoms with van der Waals surface area (Å²) in [5.74, 6) is 1.55. The number of ether oxygens (including phenoxy) is 2. The molecule has 2 aliphatic heterocycles. The summed E-state index contributed by atoms with van der Waals surface area (Å²) >= 11 is 1.19. The molecule has 0 radical (unpaired) electrons. The Morgan fingerprint density at radius 3 is 2.61 bits per heavy atom. The molecule has 0 spiro atoms. The smallest absolute Gasteiger partial charge is 0.291 e. The molecule has 184 valence electrons. The van der Waals surface area contributed by atoms with Crippen LogP contribution in [0.15, 0.2) is 53.3 Å². The summed E-state index contributed by atoms with van der Waals surface area (Å²) in [5, 5.41) is 4.44. The Bertz CT molecular complexity index is 1560. The number of anilines is 1. The molecule has 1 amide bonds. The van der Waals surface area contributed by atoms with E-state index in [2.05, 4.69) is 17.0 Å². The number of amides is 1. The van der Waals surface area contributed by atoms with E-state index in [0.29, 0.717) is 38.9 Å². The van der Waals surface area contributed by atoms with Gasteiger partial charge in [-0.2, -0.15) is 9.50 Å². The van der Waals surface area contributed by atoms with Gasteiger partial charge < -0.3 is 14.4 Å². The summed E-state index contributed by atoms with van der Waals surface area (Å²) in [4.78, 5) is 33.8. The third-order valence-electron chi connectivity index (χ3n) is 6.61. The van der Waals surface area contributed by atoms with Crippen molar-refractivity contribution in [1.29, 1.82) is 0 Å². The van der Waals surface area contributed by atoms with Crippen LogP contribution in [0.1, 0.15) is 56.5 Å². The van der Waals surface area contributed by atoms with Gasteiger partial charge in [-0.15, -0.1) is 5.10 Å². The largest absolute Gasteiger partial charge is 0.485 e. The van der Waals surface area contributed by atoms with Crippen molar-refractivity contribution in [3.63, 3.8) is 0 Å². The van der Waals surface area contributed by atoms with Crippen molar-refractivity contribution in [3.8, 4) is 11.5 Å². The van der Waals surface area contributed by atoms with Crippen LogP contribution in [0.2, 0.25) is 0 Å². The maximum absolute atomic E-state index is 13.5. The summed E-state index contributed by atoms with van der Waals surface area (Å²) in [6.07, 6.45) is 5.05. The fourth-order valence-electron chi connectivity index (χ4n) is 4.78. The van der Waals surface area contributed by atoms with Gasteiger partial charge in [0.05, 0.1) is 11.3 Å². The molecule has 8 nitrogen and oxygen atoms in total. The number of hydrogen-bond donors (Lipinski definition) is 0. The number of aromatic nitrogens is 3. The Labute approximate surface area is 211 Å². The highest BCUT2D eigenvalue weighted by molar-refractivity contribution is 7.15. The molecule has 6 rings (SSSR count). The van der Waals surface area contributed by atoms with E-state index in [1.807, 2.05) is 53.4 Å². The van der Waals surface area contributed by atoms with Crippen molar-refractivity contribution in [2.75, 3.05) is 18.1 Å². The molecule has 0 saturated carbocycles. The highest BCUT2D eigenvalue weighted by atomic mass is 32.1. The highest BCUT2D eigenvalue weighted by Gasteiger charge is 2.34. The van der Waals surface area contributed by atoms with Crippen molar-refractivity contribution >= 4 is 33.5 Å². The van der Waals surface area contributed by atoms with E-state index in [1.54, 1.807) is 0 Å². The van der Waals surface area contributed by atoms with Gasteiger partial charge in [0, 0.05) is 12.1 Å². The van der Waals surface area contributed by atoms with Crippen molar-refractivity contribution in [1.82, 2.24) is 14.6 Å². The molecule has 9 heteroatoms. The molecule has 0 fully saturated rings. The van der Waals surface area contributed by atoms with Crippen LogP contribution in [0.3, 0.4) is 0 Å². The summed E-state index contributed by atoms with van der Waals surface area (Å²) in [6.45, 7) is 3.08. The molecule has 2 aromatic heterocycles. The lowest BCUT2D eigenvalue weighted by molar-refractivity contribution is -0.113. The lowest BCUT2D eigenvalue weighted by atomic mass is 10.1. The highest BCUT2D eigenvalue weighted by Crippen LogP contribution is 2.36. The molecule has 4 aromatic rings. The van der Waals surface area contributed by atoms with Gasteiger partial charge in [0.1, 0.15) is 11.1 Å². The van der Waals surface area contributed by atoms with Gasteiger partial charge >= 0.3 is 0 Å². The third-order valence-corrected chi connectivity index (χ3v) is 7.64. The average Bonchev–Trinajstić information content (AvgIpc) is 3.54. The van der Waals surface area contributed by atoms with Crippen LogP contribution in [-0.2, 0) is 4.79 Å². The Balaban J connectivity index is 1.33. The van der Waals surface area contributed by atoms with Crippen molar-refractivity contribution < 1.29 is 14.3 Å². The van der Waals surface area contributed by atoms with Crippen LogP contribution in [0.5, 0.6) is 11.5 Å². The summed E-state index contributed by atoms with van der Waals surface area (Å²) in [5.41, 5.74) is 1.75. The fourth-order valence-corrected chi connectivity index (χ4v) is 5.78. The standard InChI is InChI=1S/C27H26N4O4S/c1-2-3-4-5-10-15-30-18-12-7-6-11-17(18)22(25(30)32)23-26(33)31-27(36-23)28-24(29-31)21-16-34-19-13-8-9-14-20(19)35-21/h6-9,11-14,21H,2-5,10,15-16H2,1H3. The van der Waals surface area contributed by atoms with Crippen LogP contribution in [-0.4, -0.2) is 33.7 Å². The number of hydrogen-bond acceptors (Lipinski definition) is 7. The monoisotopic (exact) mass is 502 g/mol. The lowest BCUT2D eigenvalue weighted by Crippen LogP contribution is -2.33. The quantitative estimate of drug-likeness (QED) is 0.357. The van der Waals surface area contributed by atoms with Gasteiger partial charge in [0.15, 0.2) is 23.4 Å². The van der Waals surface area contributed by atoms with Gasteiger partial charge in [-0.3, -0.25) is 9.59 Å². The molecule has 4 heterocycles. The predicted octanol–water partition coefficient (Wildman–Crippen LogP) is 3.90. The maximum atomic E-state index is 13.5. The van der Waals surface area contributed by atoms with E-state index in [1.165, 1.54) is 35.1 Å². The van der Waals surface area contributed by atoms with Gasteiger partial charge in [-0.05, 0) is 24.6 Å². The summed E-state index contributed by atoms with van der Waals surface area (Å²) in [7, 11) is 0. The number of unbranched alkanes of at least 4 members (excludes halogenated alkanes) is 4. The number of rotatable bonds is 7. The molecule has 1 atom stereocenters. The molecule has 36 heavy (non-hydrogen) atoms. The minimum absolute atomic E-state index is 0.130. The van der Waals surface area contributed by atoms with Gasteiger partial charge in [-0.1, -0.05) is 74.3 Å². The molecule has 0 N–H and O–H groups in total. The Morgan fingerprint density at radius 1 is 1.00 bits per heavy atom. The number of nitrogens with zero attached hydrogens (tertiary/aromatic N) is 4. The van der Waals surface area contributed by atoms with E-state index >= 15 is 0 Å². The van der Waals surface area contributed by atoms with Gasteiger partial charge in [-0.25, -0.2) is 0 Å². The number of benzene rings is 2. The summed E-state index contributed by atoms with van der Waals surface area (Å²) < 4.78 is 13.4. The molecule has 0 saturated heterocycles. The first kappa shape index (κ1) is 22.7. The molecule has 2 aromatic carbocycles. The zero-order chi connectivity index (χ0) is 24.6. The second-order valence-corrected chi connectivity index (χ2v) is 10.0. The maximum Gasteiger partial charge on any atom is 0.291 e. The Hall–Kier alpha value is -3.72. The molecular weight excluding hydrogens is 476 g/mol. The number of fused-ring (bicyclic) bond motifs is 3. The molecule has 2 aliphatic rings. The minimum Gasteiger partial charge on any atom is -0.485 e. The Kier molecular flexibility index (Phi) is 5.92. The molecule has 1 unspecified atom stereocenters. The zero-order valence-electron chi connectivity index (χ0n) is 20.0. The average molecular weight is 503 g/mol. The van der Waals surface area contributed by atoms with Crippen LogP contribution in [0.4, 0.5) is 5.69 Å². The third kappa shape index (κ3) is 3.83. The topological polar surface area (TPSA) is 86.0 Å². The first-order valence-corrected chi connectivity index (χ1v) is 13.2. The van der Waals surface area contributed by atoms with E-state index in [9.17, 15) is 9.59 Å². The number of thiazole rings is 1. The van der Waals surface area contributed by atoms with E-state index < -0.39 is 6.10 Å². The van der Waals surface area contributed by atoms with Crippen molar-refractivity contribution in [2.24, 2.45) is 0 Å². The number of para-hydroxylation sites is 3. The van der Waals surface area contributed by atoms with Crippen molar-refractivity contribution in [3.05, 3.63) is 74.8 Å². The van der Waals surface area contributed by atoms with Gasteiger partial charge in [0.2, 0.25) is 4.96 Å². The van der Waals surface area contributed by atoms with Crippen LogP contribution in [0, 0.1) is 0 Å². The zero-order valence-corrected chi connectivity index (χ0v) is 20.8. The van der Waals surface area contributed by atoms with E-state index in [4.69, 9.17) is 9.47 Å². The first-order valence-electron chi connectivity index (χ1n) is 12.4. The fraction of sp³-hybridized carbons (Fsp3) is 0.333. The second kappa shape index (κ2) is 9.39. The SMILES string of the molecule is CCCCCCCN1C(=O)C(=c2sc3nc(C4COc5ccccc5O4)nn3c2=O)c2ccccc21. The Morgan fingerprint density at radius 2 is 1.78 bits per heavy atom. The van der Waals surface area contributed by atoms with Crippen LogP contribution >= 0.6 is 11.3 Å². The van der Waals surface area contributed by atoms with E-state index in [0.717, 1.165) is 24.1 Å². The molecule has 0 aliphatic carbocycles. The normalized spacial score (nSPS) is 18.2. The van der Waals surface area contributed by atoms with E-state index in [-0.39, 0.29) is 18.1 Å². The van der Waals surface area contributed by atoms with Crippen LogP contribution < -0.4 is 24.5 Å².